The van der Waals surface area contributed by atoms with Crippen LogP contribution in [-0.2, 0) is 4.79 Å². The van der Waals surface area contributed by atoms with E-state index in [1.165, 1.54) is 6.07 Å². The lowest BCUT2D eigenvalue weighted by atomic mass is 9.89. The SMILES string of the molecule is Cc1ccc(C(=O)[O-])c(C2=NC(C)(C(C)C)C(=O)N2)c1. The number of hydrogen-bond acceptors (Lipinski definition) is 4. The minimum absolute atomic E-state index is 0.0104. The van der Waals surface area contributed by atoms with E-state index < -0.39 is 11.5 Å². The maximum absolute atomic E-state index is 12.1. The number of aromatic carboxylic acids is 1. The first-order valence-corrected chi connectivity index (χ1v) is 6.49. The summed E-state index contributed by atoms with van der Waals surface area (Å²) in [4.78, 5) is 27.7. The summed E-state index contributed by atoms with van der Waals surface area (Å²) >= 11 is 0. The van der Waals surface area contributed by atoms with Gasteiger partial charge in [0, 0.05) is 11.1 Å². The molecule has 1 atom stereocenters. The van der Waals surface area contributed by atoms with Crippen LogP contribution in [0.15, 0.2) is 23.2 Å². The molecule has 0 aliphatic carbocycles. The number of aryl methyl sites for hydroxylation is 1. The van der Waals surface area contributed by atoms with Gasteiger partial charge in [-0.2, -0.15) is 0 Å². The van der Waals surface area contributed by atoms with Crippen LogP contribution in [0.4, 0.5) is 0 Å². The number of carbonyl (C=O) groups is 2. The van der Waals surface area contributed by atoms with Crippen molar-refractivity contribution in [1.29, 1.82) is 0 Å². The second kappa shape index (κ2) is 4.74. The molecule has 0 saturated heterocycles. The fourth-order valence-corrected chi connectivity index (χ4v) is 2.10. The van der Waals surface area contributed by atoms with Crippen molar-refractivity contribution in [3.8, 4) is 0 Å². The van der Waals surface area contributed by atoms with Crippen molar-refractivity contribution < 1.29 is 14.7 Å². The van der Waals surface area contributed by atoms with E-state index in [0.29, 0.717) is 11.4 Å². The van der Waals surface area contributed by atoms with E-state index in [1.54, 1.807) is 19.1 Å². The number of aliphatic imine (C=N–C) groups is 1. The van der Waals surface area contributed by atoms with E-state index in [4.69, 9.17) is 0 Å². The first kappa shape index (κ1) is 14.2. The van der Waals surface area contributed by atoms with Crippen LogP contribution >= 0.6 is 0 Å². The number of rotatable bonds is 3. The van der Waals surface area contributed by atoms with Crippen molar-refractivity contribution >= 4 is 17.7 Å². The van der Waals surface area contributed by atoms with Crippen molar-refractivity contribution in [2.45, 2.75) is 33.2 Å². The summed E-state index contributed by atoms with van der Waals surface area (Å²) < 4.78 is 0. The molecule has 0 bridgehead atoms. The number of amidine groups is 1. The molecule has 1 amide bonds. The van der Waals surface area contributed by atoms with Crippen LogP contribution in [0.1, 0.15) is 42.3 Å². The number of amides is 1. The van der Waals surface area contributed by atoms with E-state index >= 15 is 0 Å². The van der Waals surface area contributed by atoms with Gasteiger partial charge in [0.25, 0.3) is 5.91 Å². The molecule has 2 rings (SSSR count). The highest BCUT2D eigenvalue weighted by atomic mass is 16.4. The Morgan fingerprint density at radius 1 is 1.40 bits per heavy atom. The normalized spacial score (nSPS) is 21.9. The van der Waals surface area contributed by atoms with Crippen molar-refractivity contribution in [1.82, 2.24) is 5.32 Å². The fourth-order valence-electron chi connectivity index (χ4n) is 2.10. The zero-order valence-corrected chi connectivity index (χ0v) is 12.0. The minimum atomic E-state index is -1.28. The lowest BCUT2D eigenvalue weighted by Gasteiger charge is -2.21. The Morgan fingerprint density at radius 3 is 2.55 bits per heavy atom. The molecular formula is C15H17N2O3-. The molecule has 0 saturated carbocycles. The molecule has 5 nitrogen and oxygen atoms in total. The third-order valence-corrected chi connectivity index (χ3v) is 3.81. The summed E-state index contributed by atoms with van der Waals surface area (Å²) in [5.41, 5.74) is 0.438. The van der Waals surface area contributed by atoms with Gasteiger partial charge in [-0.1, -0.05) is 31.5 Å². The predicted octanol–water partition coefficient (Wildman–Crippen LogP) is 0.650. The Bertz CT molecular complexity index is 620. The molecule has 0 spiro atoms. The van der Waals surface area contributed by atoms with Gasteiger partial charge in [-0.15, -0.1) is 0 Å². The third-order valence-electron chi connectivity index (χ3n) is 3.81. The van der Waals surface area contributed by atoms with Gasteiger partial charge in [0.15, 0.2) is 0 Å². The molecule has 1 aromatic carbocycles. The largest absolute Gasteiger partial charge is 0.545 e. The lowest BCUT2D eigenvalue weighted by molar-refractivity contribution is -0.255. The van der Waals surface area contributed by atoms with Crippen LogP contribution in [0.3, 0.4) is 0 Å². The number of carboxylic acid groups (broad SMARTS) is 1. The molecule has 0 radical (unpaired) electrons. The molecule has 0 fully saturated rings. The first-order chi connectivity index (χ1) is 9.25. The second-order valence-electron chi connectivity index (χ2n) is 5.55. The summed E-state index contributed by atoms with van der Waals surface area (Å²) in [6, 6.07) is 4.85. The second-order valence-corrected chi connectivity index (χ2v) is 5.55. The third kappa shape index (κ3) is 2.19. The molecule has 1 aromatic rings. The Hall–Kier alpha value is -2.17. The number of carboxylic acids is 1. The smallest absolute Gasteiger partial charge is 0.253 e. The van der Waals surface area contributed by atoms with Crippen LogP contribution in [0.25, 0.3) is 0 Å². The monoisotopic (exact) mass is 273 g/mol. The molecule has 20 heavy (non-hydrogen) atoms. The number of benzene rings is 1. The van der Waals surface area contributed by atoms with Crippen molar-refractivity contribution in [2.75, 3.05) is 0 Å². The van der Waals surface area contributed by atoms with Gasteiger partial charge in [0.1, 0.15) is 11.4 Å². The Labute approximate surface area is 117 Å². The van der Waals surface area contributed by atoms with Crippen molar-refractivity contribution in [3.63, 3.8) is 0 Å². The van der Waals surface area contributed by atoms with Crippen LogP contribution < -0.4 is 10.4 Å². The summed E-state index contributed by atoms with van der Waals surface area (Å²) in [6.07, 6.45) is 0. The van der Waals surface area contributed by atoms with Crippen LogP contribution in [0, 0.1) is 12.8 Å². The lowest BCUT2D eigenvalue weighted by Crippen LogP contribution is -2.41. The van der Waals surface area contributed by atoms with Gasteiger partial charge in [-0.05, 0) is 25.8 Å². The average molecular weight is 273 g/mol. The van der Waals surface area contributed by atoms with E-state index in [2.05, 4.69) is 10.3 Å². The maximum Gasteiger partial charge on any atom is 0.253 e. The van der Waals surface area contributed by atoms with Gasteiger partial charge in [-0.25, -0.2) is 0 Å². The standard InChI is InChI=1S/C15H18N2O3/c1-8(2)15(4)14(20)16-12(17-15)11-7-9(3)5-6-10(11)13(18)19/h5-8H,1-4H3,(H,18,19)(H,16,17,20)/p-1. The Morgan fingerprint density at radius 2 is 2.05 bits per heavy atom. The van der Waals surface area contributed by atoms with Crippen LogP contribution in [0.2, 0.25) is 0 Å². The zero-order chi connectivity index (χ0) is 15.1. The van der Waals surface area contributed by atoms with E-state index in [1.807, 2.05) is 20.8 Å². The molecule has 1 aliphatic rings. The zero-order valence-electron chi connectivity index (χ0n) is 12.0. The van der Waals surface area contributed by atoms with Crippen molar-refractivity contribution in [3.05, 3.63) is 34.9 Å². The molecule has 0 aromatic heterocycles. The number of nitrogens with zero attached hydrogens (tertiary/aromatic N) is 1. The average Bonchev–Trinajstić information content (AvgIpc) is 2.66. The van der Waals surface area contributed by atoms with Crippen molar-refractivity contribution in [2.24, 2.45) is 10.9 Å². The summed E-state index contributed by atoms with van der Waals surface area (Å²) in [7, 11) is 0. The highest BCUT2D eigenvalue weighted by Crippen LogP contribution is 2.27. The number of nitrogens with one attached hydrogen (secondary N) is 1. The van der Waals surface area contributed by atoms with Gasteiger partial charge in [0.2, 0.25) is 0 Å². The van der Waals surface area contributed by atoms with E-state index in [0.717, 1.165) is 5.56 Å². The van der Waals surface area contributed by atoms with Gasteiger partial charge in [0.05, 0.1) is 5.97 Å². The van der Waals surface area contributed by atoms with Gasteiger partial charge < -0.3 is 15.2 Å². The van der Waals surface area contributed by atoms with Crippen LogP contribution in [0.5, 0.6) is 0 Å². The van der Waals surface area contributed by atoms with E-state index in [-0.39, 0.29) is 17.4 Å². The molecule has 1 unspecified atom stereocenters. The predicted molar refractivity (Wildman–Crippen MR) is 73.4 cm³/mol. The maximum atomic E-state index is 12.1. The first-order valence-electron chi connectivity index (χ1n) is 6.49. The summed E-state index contributed by atoms with van der Waals surface area (Å²) in [5, 5.41) is 13.9. The summed E-state index contributed by atoms with van der Waals surface area (Å²) in [5.74, 6) is -1.19. The molecule has 1 heterocycles. The number of carbonyl (C=O) groups excluding carboxylic acids is 2. The highest BCUT2D eigenvalue weighted by molar-refractivity contribution is 6.18. The van der Waals surface area contributed by atoms with E-state index in [9.17, 15) is 14.7 Å². The van der Waals surface area contributed by atoms with Crippen LogP contribution in [-0.4, -0.2) is 23.3 Å². The Kier molecular flexibility index (Phi) is 3.38. The number of hydrogen-bond donors (Lipinski definition) is 1. The topological polar surface area (TPSA) is 81.6 Å². The highest BCUT2D eigenvalue weighted by Gasteiger charge is 2.42. The molecule has 1 aliphatic heterocycles. The Balaban J connectivity index is 2.56. The molecule has 106 valence electrons. The molecule has 1 N–H and O–H groups in total. The summed E-state index contributed by atoms with van der Waals surface area (Å²) in [6.45, 7) is 7.40. The molecule has 5 heteroatoms. The fraction of sp³-hybridized carbons (Fsp3) is 0.400. The minimum Gasteiger partial charge on any atom is -0.545 e. The quantitative estimate of drug-likeness (QED) is 0.877. The van der Waals surface area contributed by atoms with Gasteiger partial charge >= 0.3 is 0 Å². The van der Waals surface area contributed by atoms with Gasteiger partial charge in [-0.3, -0.25) is 9.79 Å². The molecular weight excluding hydrogens is 256 g/mol.